The van der Waals surface area contributed by atoms with Crippen molar-refractivity contribution in [2.75, 3.05) is 0 Å². The van der Waals surface area contributed by atoms with Crippen LogP contribution in [0, 0.1) is 18.8 Å². The van der Waals surface area contributed by atoms with E-state index in [9.17, 15) is 31.5 Å². The molecule has 0 radical (unpaired) electrons. The lowest BCUT2D eigenvalue weighted by atomic mass is 9.81. The number of hydrogen-bond donors (Lipinski definition) is 2. The summed E-state index contributed by atoms with van der Waals surface area (Å²) < 4.78 is 67.1. The van der Waals surface area contributed by atoms with Crippen molar-refractivity contribution in [2.45, 2.75) is 82.5 Å². The molecule has 0 saturated heterocycles. The summed E-state index contributed by atoms with van der Waals surface area (Å²) in [7, 11) is 0. The second-order valence-corrected chi connectivity index (χ2v) is 10.9. The molecule has 2 aliphatic rings. The molecule has 2 saturated carbocycles. The van der Waals surface area contributed by atoms with E-state index in [2.05, 4.69) is 30.7 Å². The normalized spacial score (nSPS) is 19.1. The van der Waals surface area contributed by atoms with E-state index < -0.39 is 48.8 Å². The summed E-state index contributed by atoms with van der Waals surface area (Å²) >= 11 is 0. The summed E-state index contributed by atoms with van der Waals surface area (Å²) in [6, 6.07) is 2.02. The van der Waals surface area contributed by atoms with Crippen molar-refractivity contribution in [1.82, 2.24) is 35.2 Å². The zero-order valence-electron chi connectivity index (χ0n) is 22.3. The monoisotopic (exact) mass is 579 g/mol. The lowest BCUT2D eigenvalue weighted by molar-refractivity contribution is -0.144. The zero-order valence-corrected chi connectivity index (χ0v) is 22.3. The molecule has 9 nitrogen and oxygen atoms in total. The number of nitrogens with one attached hydrogen (secondary N) is 2. The van der Waals surface area contributed by atoms with Gasteiger partial charge < -0.3 is 10.6 Å². The molecule has 2 N–H and O–H groups in total. The highest BCUT2D eigenvalue weighted by molar-refractivity contribution is 5.92. The number of rotatable bonds is 9. The fraction of sp³-hybridized carbons (Fsp3) is 0.556. The van der Waals surface area contributed by atoms with Gasteiger partial charge in [-0.25, -0.2) is 28.2 Å². The first-order valence-electron chi connectivity index (χ1n) is 13.6. The van der Waals surface area contributed by atoms with Crippen LogP contribution in [-0.4, -0.2) is 48.5 Å². The van der Waals surface area contributed by atoms with E-state index >= 15 is 0 Å². The van der Waals surface area contributed by atoms with Crippen LogP contribution in [0.1, 0.15) is 90.9 Å². The molecule has 3 aromatic rings. The van der Waals surface area contributed by atoms with Gasteiger partial charge in [-0.1, -0.05) is 0 Å². The van der Waals surface area contributed by atoms with E-state index in [4.69, 9.17) is 0 Å². The maximum Gasteiger partial charge on any atom is 0.389 e. The highest BCUT2D eigenvalue weighted by Gasteiger charge is 2.40. The molecule has 2 amide bonds. The van der Waals surface area contributed by atoms with Gasteiger partial charge in [0.15, 0.2) is 5.65 Å². The van der Waals surface area contributed by atoms with Crippen LogP contribution < -0.4 is 10.6 Å². The first-order chi connectivity index (χ1) is 19.4. The van der Waals surface area contributed by atoms with Crippen molar-refractivity contribution in [3.8, 4) is 0 Å². The van der Waals surface area contributed by atoms with Crippen molar-refractivity contribution in [3.05, 3.63) is 53.5 Å². The quantitative estimate of drug-likeness (QED) is 0.344. The van der Waals surface area contributed by atoms with Crippen LogP contribution in [0.25, 0.3) is 5.65 Å². The van der Waals surface area contributed by atoms with Gasteiger partial charge >= 0.3 is 6.18 Å². The molecule has 0 spiro atoms. The molecule has 2 atom stereocenters. The Morgan fingerprint density at radius 3 is 2.41 bits per heavy atom. The largest absolute Gasteiger partial charge is 0.389 e. The number of alkyl halides is 5. The second kappa shape index (κ2) is 11.3. The molecule has 14 heteroatoms. The molecule has 0 aromatic carbocycles. The molecule has 0 bridgehead atoms. The Hall–Kier alpha value is -3.71. The van der Waals surface area contributed by atoms with Gasteiger partial charge in [0.1, 0.15) is 12.0 Å². The highest BCUT2D eigenvalue weighted by atomic mass is 19.4. The van der Waals surface area contributed by atoms with Crippen LogP contribution in [0.4, 0.5) is 22.0 Å². The number of aryl methyl sites for hydroxylation is 1. The highest BCUT2D eigenvalue weighted by Crippen LogP contribution is 2.43. The number of carbonyl (C=O) groups is 2. The van der Waals surface area contributed by atoms with Gasteiger partial charge in [-0.3, -0.25) is 9.59 Å². The Morgan fingerprint density at radius 2 is 1.76 bits per heavy atom. The number of nitrogens with zero attached hydrogens (tertiary/aromatic N) is 5. The number of carbonyl (C=O) groups excluding carboxylic acids is 2. The van der Waals surface area contributed by atoms with Gasteiger partial charge in [-0.2, -0.15) is 18.3 Å². The van der Waals surface area contributed by atoms with Gasteiger partial charge in [-0.15, -0.1) is 0 Å². The van der Waals surface area contributed by atoms with E-state index in [-0.39, 0.29) is 43.2 Å². The third-order valence-electron chi connectivity index (χ3n) is 7.64. The standard InChI is InChI=1S/C27H30F5N7O2/c1-15-10-19(34-14-33-15)25(41)38-24(17-4-7-26(28,29)8-5-17)20-13-39-21(36-20)11-18(12-35-39)23(16-2-3-16)37-22(40)6-9-27(30,31)32/h10-14,16-17,23-24H,2-9H2,1H3,(H,37,40)(H,38,41)/t23-,24+/m1/s1. The third kappa shape index (κ3) is 7.33. The van der Waals surface area contributed by atoms with E-state index in [1.54, 1.807) is 19.2 Å². The molecular formula is C27H30F5N7O2. The minimum absolute atomic E-state index is 0.0794. The molecule has 0 aliphatic heterocycles. The number of hydrogen-bond acceptors (Lipinski definition) is 6. The predicted octanol–water partition coefficient (Wildman–Crippen LogP) is 5.03. The number of amides is 2. The van der Waals surface area contributed by atoms with Gasteiger partial charge in [0.2, 0.25) is 11.8 Å². The fourth-order valence-corrected chi connectivity index (χ4v) is 5.26. The fourth-order valence-electron chi connectivity index (χ4n) is 5.26. The van der Waals surface area contributed by atoms with Gasteiger partial charge in [0.05, 0.1) is 36.6 Å². The Morgan fingerprint density at radius 1 is 1.05 bits per heavy atom. The number of aromatic nitrogens is 5. The Balaban J connectivity index is 1.39. The molecule has 5 rings (SSSR count). The molecule has 2 aliphatic carbocycles. The van der Waals surface area contributed by atoms with Crippen molar-refractivity contribution in [1.29, 1.82) is 0 Å². The second-order valence-electron chi connectivity index (χ2n) is 10.9. The average Bonchev–Trinajstić information content (AvgIpc) is 3.66. The first kappa shape index (κ1) is 28.8. The Bertz CT molecular complexity index is 1410. The van der Waals surface area contributed by atoms with Crippen LogP contribution in [0.3, 0.4) is 0 Å². The SMILES string of the molecule is Cc1cc(C(=O)N[C@H](c2cn3ncc([C@H](NC(=O)CCC(F)(F)F)C4CC4)cc3n2)C2CCC(F)(F)CC2)ncn1. The summed E-state index contributed by atoms with van der Waals surface area (Å²) in [5.41, 5.74) is 2.17. The minimum atomic E-state index is -4.42. The van der Waals surface area contributed by atoms with Gasteiger partial charge in [0.25, 0.3) is 5.91 Å². The summed E-state index contributed by atoms with van der Waals surface area (Å²) in [6.07, 6.45) is -0.471. The maximum atomic E-state index is 14.0. The number of imidazole rings is 1. The minimum Gasteiger partial charge on any atom is -0.349 e. The molecule has 3 aromatic heterocycles. The van der Waals surface area contributed by atoms with E-state index in [0.29, 0.717) is 22.6 Å². The van der Waals surface area contributed by atoms with Gasteiger partial charge in [0, 0.05) is 25.0 Å². The molecule has 0 unspecified atom stereocenters. The smallest absolute Gasteiger partial charge is 0.349 e. The lowest BCUT2D eigenvalue weighted by Crippen LogP contribution is -2.37. The third-order valence-corrected chi connectivity index (χ3v) is 7.64. The van der Waals surface area contributed by atoms with Crippen LogP contribution in [0.15, 0.2) is 30.9 Å². The summed E-state index contributed by atoms with van der Waals surface area (Å²) in [4.78, 5) is 38.1. The summed E-state index contributed by atoms with van der Waals surface area (Å²) in [5, 5.41) is 10.0. The number of fused-ring (bicyclic) bond motifs is 1. The van der Waals surface area contributed by atoms with Crippen LogP contribution in [0.2, 0.25) is 0 Å². The summed E-state index contributed by atoms with van der Waals surface area (Å²) in [5.74, 6) is -4.17. The van der Waals surface area contributed by atoms with E-state index in [0.717, 1.165) is 12.8 Å². The van der Waals surface area contributed by atoms with Crippen LogP contribution >= 0.6 is 0 Å². The van der Waals surface area contributed by atoms with Crippen molar-refractivity contribution in [2.24, 2.45) is 11.8 Å². The van der Waals surface area contributed by atoms with E-state index in [1.807, 2.05) is 0 Å². The molecule has 2 fully saturated rings. The van der Waals surface area contributed by atoms with Crippen molar-refractivity contribution < 1.29 is 31.5 Å². The first-order valence-corrected chi connectivity index (χ1v) is 13.6. The molecule has 220 valence electrons. The van der Waals surface area contributed by atoms with Gasteiger partial charge in [-0.05, 0) is 62.1 Å². The van der Waals surface area contributed by atoms with Crippen LogP contribution in [0.5, 0.6) is 0 Å². The predicted molar refractivity (Wildman–Crippen MR) is 136 cm³/mol. The van der Waals surface area contributed by atoms with E-state index in [1.165, 1.54) is 23.1 Å². The maximum absolute atomic E-state index is 14.0. The Labute approximate surface area is 232 Å². The van der Waals surface area contributed by atoms with Crippen molar-refractivity contribution in [3.63, 3.8) is 0 Å². The van der Waals surface area contributed by atoms with Crippen LogP contribution in [-0.2, 0) is 4.79 Å². The number of halogens is 5. The molecule has 41 heavy (non-hydrogen) atoms. The zero-order chi connectivity index (χ0) is 29.4. The molecule has 3 heterocycles. The van der Waals surface area contributed by atoms with Crippen molar-refractivity contribution >= 4 is 17.5 Å². The topological polar surface area (TPSA) is 114 Å². The lowest BCUT2D eigenvalue weighted by Gasteiger charge is -2.33. The summed E-state index contributed by atoms with van der Waals surface area (Å²) in [6.45, 7) is 1.72. The molecular weight excluding hydrogens is 549 g/mol. The average molecular weight is 580 g/mol. The Kier molecular flexibility index (Phi) is 7.93.